The van der Waals surface area contributed by atoms with Crippen LogP contribution in [0, 0.1) is 0 Å². The number of carbonyl (C=O) groups is 1. The Morgan fingerprint density at radius 2 is 1.84 bits per heavy atom. The molecule has 0 fully saturated rings. The molecule has 1 atom stereocenters. The Labute approximate surface area is 185 Å². The normalized spacial score (nSPS) is 15.4. The minimum Gasteiger partial charge on any atom is -0.508 e. The van der Waals surface area contributed by atoms with Gasteiger partial charge in [-0.25, -0.2) is 0 Å². The molecule has 0 saturated heterocycles. The van der Waals surface area contributed by atoms with Crippen molar-refractivity contribution in [2.24, 2.45) is 0 Å². The van der Waals surface area contributed by atoms with Crippen molar-refractivity contribution in [3.8, 4) is 28.5 Å². The summed E-state index contributed by atoms with van der Waals surface area (Å²) in [5, 5.41) is 27.1. The quantitative estimate of drug-likeness (QED) is 0.462. The second-order valence-corrected chi connectivity index (χ2v) is 7.33. The van der Waals surface area contributed by atoms with Gasteiger partial charge in [-0.1, -0.05) is 6.07 Å². The third kappa shape index (κ3) is 3.76. The summed E-state index contributed by atoms with van der Waals surface area (Å²) in [5.41, 5.74) is 3.15. The number of aromatic hydroxyl groups is 2. The SMILES string of the molecule is CCOc1cc(C2c3c(-c4ccc(O)cc4)n[nH]c3C(=O)N2CC(OC)OC)ccc1O. The number of ether oxygens (including phenoxy) is 3. The third-order valence-corrected chi connectivity index (χ3v) is 5.48. The molecule has 1 aliphatic rings. The summed E-state index contributed by atoms with van der Waals surface area (Å²) in [6.45, 7) is 2.39. The molecule has 9 heteroatoms. The number of hydrogen-bond acceptors (Lipinski definition) is 7. The fourth-order valence-corrected chi connectivity index (χ4v) is 3.95. The molecule has 2 aromatic carbocycles. The van der Waals surface area contributed by atoms with E-state index in [0.29, 0.717) is 29.3 Å². The second-order valence-electron chi connectivity index (χ2n) is 7.33. The van der Waals surface area contributed by atoms with Crippen LogP contribution in [0.1, 0.15) is 34.6 Å². The summed E-state index contributed by atoms with van der Waals surface area (Å²) in [5.74, 6) is 0.241. The van der Waals surface area contributed by atoms with Crippen LogP contribution < -0.4 is 4.74 Å². The maximum Gasteiger partial charge on any atom is 0.273 e. The molecular formula is C23H25N3O6. The summed E-state index contributed by atoms with van der Waals surface area (Å²) in [7, 11) is 3.03. The lowest BCUT2D eigenvalue weighted by molar-refractivity contribution is -0.113. The zero-order chi connectivity index (χ0) is 22.8. The molecule has 168 valence electrons. The summed E-state index contributed by atoms with van der Waals surface area (Å²) in [6.07, 6.45) is -0.626. The summed E-state index contributed by atoms with van der Waals surface area (Å²) in [6, 6.07) is 11.1. The first kappa shape index (κ1) is 21.7. The first-order chi connectivity index (χ1) is 15.5. The number of methoxy groups -OCH3 is 2. The van der Waals surface area contributed by atoms with Crippen molar-refractivity contribution in [3.05, 3.63) is 59.3 Å². The van der Waals surface area contributed by atoms with Crippen molar-refractivity contribution in [3.63, 3.8) is 0 Å². The molecule has 1 amide bonds. The van der Waals surface area contributed by atoms with Gasteiger partial charge in [0.05, 0.1) is 24.9 Å². The van der Waals surface area contributed by atoms with Crippen molar-refractivity contribution in [2.75, 3.05) is 27.4 Å². The van der Waals surface area contributed by atoms with Crippen molar-refractivity contribution < 1.29 is 29.2 Å². The number of nitrogens with one attached hydrogen (secondary N) is 1. The second kappa shape index (κ2) is 8.89. The maximum atomic E-state index is 13.3. The molecule has 4 rings (SSSR count). The van der Waals surface area contributed by atoms with E-state index in [-0.39, 0.29) is 24.0 Å². The standard InChI is InChI=1S/C23H25N3O6/c1-4-32-17-11-14(7-10-16(17)28)22-19-20(13-5-8-15(27)9-6-13)24-25-21(19)23(29)26(22)12-18(30-2)31-3/h5-11,18,22,27-28H,4,12H2,1-3H3,(H,24,25). The van der Waals surface area contributed by atoms with E-state index in [1.54, 1.807) is 47.4 Å². The van der Waals surface area contributed by atoms with Gasteiger partial charge < -0.3 is 29.3 Å². The van der Waals surface area contributed by atoms with E-state index in [9.17, 15) is 15.0 Å². The molecule has 3 N–H and O–H groups in total. The number of aromatic nitrogens is 2. The lowest BCUT2D eigenvalue weighted by atomic mass is 9.95. The molecule has 0 radical (unpaired) electrons. The van der Waals surface area contributed by atoms with E-state index in [1.807, 2.05) is 6.92 Å². The van der Waals surface area contributed by atoms with Gasteiger partial charge in [0.1, 0.15) is 11.4 Å². The van der Waals surface area contributed by atoms with Crippen LogP contribution in [0.4, 0.5) is 0 Å². The molecule has 9 nitrogen and oxygen atoms in total. The molecule has 32 heavy (non-hydrogen) atoms. The van der Waals surface area contributed by atoms with Gasteiger partial charge in [-0.3, -0.25) is 9.89 Å². The highest BCUT2D eigenvalue weighted by atomic mass is 16.7. The Kier molecular flexibility index (Phi) is 6.02. The highest BCUT2D eigenvalue weighted by Crippen LogP contribution is 2.44. The Morgan fingerprint density at radius 3 is 2.50 bits per heavy atom. The summed E-state index contributed by atoms with van der Waals surface area (Å²) < 4.78 is 16.3. The van der Waals surface area contributed by atoms with Crippen LogP contribution in [0.2, 0.25) is 0 Å². The number of H-pyrrole nitrogens is 1. The van der Waals surface area contributed by atoms with E-state index in [0.717, 1.165) is 11.1 Å². The number of benzene rings is 2. The number of nitrogens with zero attached hydrogens (tertiary/aromatic N) is 2. The van der Waals surface area contributed by atoms with Gasteiger partial charge >= 0.3 is 0 Å². The van der Waals surface area contributed by atoms with E-state index in [4.69, 9.17) is 14.2 Å². The number of rotatable bonds is 8. The van der Waals surface area contributed by atoms with Crippen molar-refractivity contribution in [2.45, 2.75) is 19.3 Å². The number of carbonyl (C=O) groups excluding carboxylic acids is 1. The van der Waals surface area contributed by atoms with E-state index >= 15 is 0 Å². The van der Waals surface area contributed by atoms with Gasteiger partial charge in [0.15, 0.2) is 17.8 Å². The minimum atomic E-state index is -0.626. The van der Waals surface area contributed by atoms with Gasteiger partial charge in [0.2, 0.25) is 0 Å². The highest BCUT2D eigenvalue weighted by Gasteiger charge is 2.43. The average Bonchev–Trinajstić information content (AvgIpc) is 3.33. The number of aromatic amines is 1. The van der Waals surface area contributed by atoms with Gasteiger partial charge in [-0.15, -0.1) is 0 Å². The number of hydrogen-bond donors (Lipinski definition) is 3. The topological polar surface area (TPSA) is 117 Å². The van der Waals surface area contributed by atoms with Crippen molar-refractivity contribution in [1.29, 1.82) is 0 Å². The number of phenols is 2. The van der Waals surface area contributed by atoms with E-state index in [2.05, 4.69) is 10.2 Å². The molecule has 0 spiro atoms. The van der Waals surface area contributed by atoms with E-state index in [1.165, 1.54) is 14.2 Å². The van der Waals surface area contributed by atoms with Crippen LogP contribution in [0.25, 0.3) is 11.3 Å². The molecule has 0 saturated carbocycles. The van der Waals surface area contributed by atoms with Crippen molar-refractivity contribution >= 4 is 5.91 Å². The lowest BCUT2D eigenvalue weighted by Crippen LogP contribution is -2.38. The summed E-state index contributed by atoms with van der Waals surface area (Å²) >= 11 is 0. The zero-order valence-electron chi connectivity index (χ0n) is 18.0. The number of amides is 1. The lowest BCUT2D eigenvalue weighted by Gasteiger charge is -2.29. The number of fused-ring (bicyclic) bond motifs is 1. The Bertz CT molecular complexity index is 1110. The van der Waals surface area contributed by atoms with Crippen LogP contribution in [0.15, 0.2) is 42.5 Å². The first-order valence-electron chi connectivity index (χ1n) is 10.2. The average molecular weight is 439 g/mol. The van der Waals surface area contributed by atoms with E-state index < -0.39 is 12.3 Å². The fraction of sp³-hybridized carbons (Fsp3) is 0.304. The Morgan fingerprint density at radius 1 is 1.12 bits per heavy atom. The third-order valence-electron chi connectivity index (χ3n) is 5.48. The maximum absolute atomic E-state index is 13.3. The monoisotopic (exact) mass is 439 g/mol. The summed E-state index contributed by atoms with van der Waals surface area (Å²) in [4.78, 5) is 15.0. The fourth-order valence-electron chi connectivity index (χ4n) is 3.95. The van der Waals surface area contributed by atoms with Gasteiger partial charge in [-0.05, 0) is 48.9 Å². The molecule has 3 aromatic rings. The van der Waals surface area contributed by atoms with Gasteiger partial charge in [-0.2, -0.15) is 5.10 Å². The molecule has 1 aliphatic heterocycles. The molecule has 1 unspecified atom stereocenters. The predicted molar refractivity (Wildman–Crippen MR) is 116 cm³/mol. The van der Waals surface area contributed by atoms with Crippen LogP contribution in [-0.2, 0) is 9.47 Å². The predicted octanol–water partition coefficient (Wildman–Crippen LogP) is 3.05. The Balaban J connectivity index is 1.86. The van der Waals surface area contributed by atoms with Crippen LogP contribution in [0.3, 0.4) is 0 Å². The van der Waals surface area contributed by atoms with Crippen molar-refractivity contribution in [1.82, 2.24) is 15.1 Å². The highest BCUT2D eigenvalue weighted by molar-refractivity contribution is 6.00. The smallest absolute Gasteiger partial charge is 0.273 e. The zero-order valence-corrected chi connectivity index (χ0v) is 18.0. The van der Waals surface area contributed by atoms with Crippen LogP contribution >= 0.6 is 0 Å². The van der Waals surface area contributed by atoms with Crippen LogP contribution in [0.5, 0.6) is 17.2 Å². The first-order valence-corrected chi connectivity index (χ1v) is 10.2. The molecular weight excluding hydrogens is 414 g/mol. The largest absolute Gasteiger partial charge is 0.508 e. The Hall–Kier alpha value is -3.56. The molecule has 2 heterocycles. The van der Waals surface area contributed by atoms with Gasteiger partial charge in [0.25, 0.3) is 5.91 Å². The molecule has 0 bridgehead atoms. The molecule has 0 aliphatic carbocycles. The molecule has 1 aromatic heterocycles. The minimum absolute atomic E-state index is 0.0179. The van der Waals surface area contributed by atoms with Gasteiger partial charge in [0, 0.05) is 25.3 Å². The number of phenolic OH excluding ortho intramolecular Hbond substituents is 2. The van der Waals surface area contributed by atoms with Crippen LogP contribution in [-0.4, -0.2) is 64.9 Å².